The highest BCUT2D eigenvalue weighted by molar-refractivity contribution is 5.91. The molecule has 0 atom stereocenters. The lowest BCUT2D eigenvalue weighted by Gasteiger charge is -2.15. The van der Waals surface area contributed by atoms with Gasteiger partial charge in [0.15, 0.2) is 0 Å². The maximum atomic E-state index is 12.1. The van der Waals surface area contributed by atoms with Crippen LogP contribution in [-0.2, 0) is 11.3 Å². The summed E-state index contributed by atoms with van der Waals surface area (Å²) < 4.78 is 0. The zero-order valence-corrected chi connectivity index (χ0v) is 13.7. The molecule has 0 bridgehead atoms. The third kappa shape index (κ3) is 4.70. The van der Waals surface area contributed by atoms with E-state index in [0.717, 1.165) is 28.3 Å². The molecule has 2 rings (SSSR count). The number of aromatic amines is 1. The SMILES string of the molecule is Cc1ccc(C)c(NC(=O)CCN(C)Cc2ncc(C)[nH]2)c1. The van der Waals surface area contributed by atoms with Crippen LogP contribution in [0.25, 0.3) is 0 Å². The minimum Gasteiger partial charge on any atom is -0.345 e. The second-order valence-corrected chi connectivity index (χ2v) is 5.87. The van der Waals surface area contributed by atoms with Gasteiger partial charge in [-0.1, -0.05) is 12.1 Å². The van der Waals surface area contributed by atoms with E-state index in [4.69, 9.17) is 0 Å². The highest BCUT2D eigenvalue weighted by Gasteiger charge is 2.08. The number of aryl methyl sites for hydroxylation is 3. The monoisotopic (exact) mass is 300 g/mol. The van der Waals surface area contributed by atoms with E-state index in [0.29, 0.717) is 19.5 Å². The number of aromatic nitrogens is 2. The number of hydrogen-bond acceptors (Lipinski definition) is 3. The van der Waals surface area contributed by atoms with E-state index in [2.05, 4.69) is 20.2 Å². The number of carbonyl (C=O) groups excluding carboxylic acids is 1. The fraction of sp³-hybridized carbons (Fsp3) is 0.412. The number of benzene rings is 1. The number of hydrogen-bond donors (Lipinski definition) is 2. The molecule has 0 saturated heterocycles. The van der Waals surface area contributed by atoms with Gasteiger partial charge in [0.2, 0.25) is 5.91 Å². The van der Waals surface area contributed by atoms with Gasteiger partial charge < -0.3 is 10.3 Å². The molecular formula is C17H24N4O. The van der Waals surface area contributed by atoms with Gasteiger partial charge in [0.25, 0.3) is 0 Å². The van der Waals surface area contributed by atoms with Crippen LogP contribution in [0.3, 0.4) is 0 Å². The van der Waals surface area contributed by atoms with Crippen LogP contribution in [0, 0.1) is 20.8 Å². The maximum Gasteiger partial charge on any atom is 0.225 e. The summed E-state index contributed by atoms with van der Waals surface area (Å²) >= 11 is 0. The lowest BCUT2D eigenvalue weighted by Crippen LogP contribution is -2.24. The van der Waals surface area contributed by atoms with Gasteiger partial charge in [0, 0.05) is 30.5 Å². The van der Waals surface area contributed by atoms with Crippen molar-refractivity contribution in [2.24, 2.45) is 0 Å². The van der Waals surface area contributed by atoms with Gasteiger partial charge in [-0.25, -0.2) is 4.98 Å². The van der Waals surface area contributed by atoms with Crippen molar-refractivity contribution in [1.29, 1.82) is 0 Å². The van der Waals surface area contributed by atoms with E-state index in [-0.39, 0.29) is 5.91 Å². The van der Waals surface area contributed by atoms with Crippen LogP contribution in [0.4, 0.5) is 5.69 Å². The average Bonchev–Trinajstić information content (AvgIpc) is 2.86. The highest BCUT2D eigenvalue weighted by atomic mass is 16.1. The summed E-state index contributed by atoms with van der Waals surface area (Å²) in [5, 5.41) is 2.99. The van der Waals surface area contributed by atoms with Crippen molar-refractivity contribution in [2.45, 2.75) is 33.7 Å². The average molecular weight is 300 g/mol. The summed E-state index contributed by atoms with van der Waals surface area (Å²) in [7, 11) is 1.99. The number of carbonyl (C=O) groups is 1. The zero-order chi connectivity index (χ0) is 16.1. The zero-order valence-electron chi connectivity index (χ0n) is 13.7. The summed E-state index contributed by atoms with van der Waals surface area (Å²) in [5.41, 5.74) is 4.18. The Hall–Kier alpha value is -2.14. The number of H-pyrrole nitrogens is 1. The molecule has 2 aromatic rings. The maximum absolute atomic E-state index is 12.1. The predicted molar refractivity (Wildman–Crippen MR) is 88.8 cm³/mol. The van der Waals surface area contributed by atoms with Crippen molar-refractivity contribution in [2.75, 3.05) is 18.9 Å². The molecule has 5 heteroatoms. The first kappa shape index (κ1) is 16.2. The first-order chi connectivity index (χ1) is 10.4. The summed E-state index contributed by atoms with van der Waals surface area (Å²) in [4.78, 5) is 21.6. The van der Waals surface area contributed by atoms with E-state index in [1.165, 1.54) is 0 Å². The van der Waals surface area contributed by atoms with Crippen molar-refractivity contribution < 1.29 is 4.79 Å². The summed E-state index contributed by atoms with van der Waals surface area (Å²) in [5.74, 6) is 0.964. The van der Waals surface area contributed by atoms with E-state index in [9.17, 15) is 4.79 Å². The highest BCUT2D eigenvalue weighted by Crippen LogP contribution is 2.16. The number of nitrogens with zero attached hydrogens (tertiary/aromatic N) is 2. The largest absolute Gasteiger partial charge is 0.345 e. The van der Waals surface area contributed by atoms with Crippen molar-refractivity contribution in [3.05, 3.63) is 47.0 Å². The molecule has 0 saturated carbocycles. The molecule has 5 nitrogen and oxygen atoms in total. The van der Waals surface area contributed by atoms with Crippen molar-refractivity contribution in [3.63, 3.8) is 0 Å². The smallest absolute Gasteiger partial charge is 0.225 e. The third-order valence-electron chi connectivity index (χ3n) is 3.56. The normalized spacial score (nSPS) is 11.0. The molecule has 1 amide bonds. The molecule has 0 aliphatic carbocycles. The van der Waals surface area contributed by atoms with Gasteiger partial charge in [-0.2, -0.15) is 0 Å². The number of amides is 1. The number of nitrogens with one attached hydrogen (secondary N) is 2. The van der Waals surface area contributed by atoms with Gasteiger partial charge >= 0.3 is 0 Å². The number of rotatable bonds is 6. The van der Waals surface area contributed by atoms with Crippen LogP contribution in [0.2, 0.25) is 0 Å². The molecule has 0 spiro atoms. The van der Waals surface area contributed by atoms with Gasteiger partial charge in [-0.3, -0.25) is 9.69 Å². The Morgan fingerprint density at radius 3 is 2.77 bits per heavy atom. The molecule has 1 heterocycles. The summed E-state index contributed by atoms with van der Waals surface area (Å²) in [6.45, 7) is 7.41. The molecular weight excluding hydrogens is 276 g/mol. The Morgan fingerprint density at radius 2 is 2.09 bits per heavy atom. The minimum absolute atomic E-state index is 0.0381. The Kier molecular flexibility index (Phi) is 5.33. The topological polar surface area (TPSA) is 61.0 Å². The quantitative estimate of drug-likeness (QED) is 0.862. The lowest BCUT2D eigenvalue weighted by atomic mass is 10.1. The lowest BCUT2D eigenvalue weighted by molar-refractivity contribution is -0.116. The Morgan fingerprint density at radius 1 is 1.32 bits per heavy atom. The van der Waals surface area contributed by atoms with Crippen molar-refractivity contribution >= 4 is 11.6 Å². The molecule has 0 unspecified atom stereocenters. The predicted octanol–water partition coefficient (Wildman–Crippen LogP) is 2.80. The second kappa shape index (κ2) is 7.22. The first-order valence-corrected chi connectivity index (χ1v) is 7.50. The van der Waals surface area contributed by atoms with Gasteiger partial charge in [-0.15, -0.1) is 0 Å². The van der Waals surface area contributed by atoms with Gasteiger partial charge in [0.1, 0.15) is 5.82 Å². The molecule has 0 fully saturated rings. The van der Waals surface area contributed by atoms with Gasteiger partial charge in [-0.05, 0) is 45.0 Å². The van der Waals surface area contributed by atoms with Crippen molar-refractivity contribution in [3.8, 4) is 0 Å². The minimum atomic E-state index is 0.0381. The van der Waals surface area contributed by atoms with E-state index >= 15 is 0 Å². The summed E-state index contributed by atoms with van der Waals surface area (Å²) in [6, 6.07) is 6.07. The standard InChI is InChI=1S/C17H24N4O/c1-12-5-6-13(2)15(9-12)20-17(22)7-8-21(4)11-16-18-10-14(3)19-16/h5-6,9-10H,7-8,11H2,1-4H3,(H,18,19)(H,20,22). The van der Waals surface area contributed by atoms with Crippen molar-refractivity contribution in [1.82, 2.24) is 14.9 Å². The Labute approximate surface area is 131 Å². The van der Waals surface area contributed by atoms with Gasteiger partial charge in [0.05, 0.1) is 6.54 Å². The number of anilines is 1. The molecule has 2 N–H and O–H groups in total. The Bertz CT molecular complexity index is 648. The van der Waals surface area contributed by atoms with E-state index in [1.54, 1.807) is 0 Å². The molecule has 0 aliphatic rings. The molecule has 1 aromatic carbocycles. The van der Waals surface area contributed by atoms with Crippen LogP contribution in [0.15, 0.2) is 24.4 Å². The Balaban J connectivity index is 1.81. The van der Waals surface area contributed by atoms with E-state index in [1.807, 2.05) is 52.2 Å². The molecule has 0 radical (unpaired) electrons. The fourth-order valence-corrected chi connectivity index (χ4v) is 2.26. The third-order valence-corrected chi connectivity index (χ3v) is 3.56. The van der Waals surface area contributed by atoms with Crippen LogP contribution in [-0.4, -0.2) is 34.4 Å². The molecule has 1 aromatic heterocycles. The van der Waals surface area contributed by atoms with Crippen LogP contribution < -0.4 is 5.32 Å². The second-order valence-electron chi connectivity index (χ2n) is 5.87. The molecule has 118 valence electrons. The number of imidazole rings is 1. The van der Waals surface area contributed by atoms with E-state index < -0.39 is 0 Å². The van der Waals surface area contributed by atoms with Crippen LogP contribution in [0.1, 0.15) is 29.1 Å². The molecule has 0 aliphatic heterocycles. The molecule has 22 heavy (non-hydrogen) atoms. The van der Waals surface area contributed by atoms with Crippen LogP contribution in [0.5, 0.6) is 0 Å². The summed E-state index contributed by atoms with van der Waals surface area (Å²) in [6.07, 6.45) is 2.28. The first-order valence-electron chi connectivity index (χ1n) is 7.50. The fourth-order valence-electron chi connectivity index (χ4n) is 2.26. The van der Waals surface area contributed by atoms with Crippen LogP contribution >= 0.6 is 0 Å².